The van der Waals surface area contributed by atoms with Crippen molar-refractivity contribution in [3.8, 4) is 0 Å². The van der Waals surface area contributed by atoms with Gasteiger partial charge in [-0.25, -0.2) is 0 Å². The van der Waals surface area contributed by atoms with Crippen LogP contribution in [0.25, 0.3) is 6.08 Å². The van der Waals surface area contributed by atoms with Crippen LogP contribution in [-0.4, -0.2) is 17.7 Å². The van der Waals surface area contributed by atoms with Crippen LogP contribution in [0.3, 0.4) is 0 Å². The molecule has 0 saturated heterocycles. The average molecular weight is 642 g/mol. The van der Waals surface area contributed by atoms with Gasteiger partial charge in [-0.3, -0.25) is 14.4 Å². The van der Waals surface area contributed by atoms with Gasteiger partial charge in [0, 0.05) is 27.9 Å². The summed E-state index contributed by atoms with van der Waals surface area (Å²) in [5.41, 5.74) is 0.422. The summed E-state index contributed by atoms with van der Waals surface area (Å²) < 4.78 is 45.1. The maximum absolute atomic E-state index is 13.5. The summed E-state index contributed by atoms with van der Waals surface area (Å²) in [7, 11) is 0. The molecule has 7 nitrogen and oxygen atoms in total. The van der Waals surface area contributed by atoms with E-state index in [0.29, 0.717) is 27.5 Å². The van der Waals surface area contributed by atoms with E-state index in [-0.39, 0.29) is 11.4 Å². The van der Waals surface area contributed by atoms with E-state index in [1.54, 1.807) is 97.1 Å². The Morgan fingerprint density at radius 2 is 1.41 bits per heavy atom. The van der Waals surface area contributed by atoms with Crippen molar-refractivity contribution in [2.24, 2.45) is 0 Å². The third kappa shape index (κ3) is 8.54. The molecule has 1 heterocycles. The van der Waals surface area contributed by atoms with Crippen LogP contribution in [-0.2, 0) is 15.8 Å². The van der Waals surface area contributed by atoms with Gasteiger partial charge < -0.3 is 20.4 Å². The molecule has 0 aliphatic carbocycles. The van der Waals surface area contributed by atoms with E-state index < -0.39 is 34.7 Å². The molecular weight excluding hydrogens is 615 g/mol. The lowest BCUT2D eigenvalue weighted by Crippen LogP contribution is -2.30. The normalized spacial score (nSPS) is 12.2. The highest BCUT2D eigenvalue weighted by molar-refractivity contribution is 8.00. The molecule has 5 aromatic rings. The van der Waals surface area contributed by atoms with E-state index in [2.05, 4.69) is 16.0 Å². The van der Waals surface area contributed by atoms with Crippen molar-refractivity contribution in [1.29, 1.82) is 0 Å². The number of halogens is 3. The van der Waals surface area contributed by atoms with Crippen LogP contribution in [0, 0.1) is 0 Å². The van der Waals surface area contributed by atoms with Gasteiger partial charge in [0.2, 0.25) is 5.91 Å². The Morgan fingerprint density at radius 3 is 2.09 bits per heavy atom. The largest absolute Gasteiger partial charge is 0.465 e. The summed E-state index contributed by atoms with van der Waals surface area (Å²) in [5, 5.41) is 7.16. The Labute approximate surface area is 266 Å². The maximum Gasteiger partial charge on any atom is 0.416 e. The Hall–Kier alpha value is -5.55. The van der Waals surface area contributed by atoms with Crippen LogP contribution in [0.1, 0.15) is 32.5 Å². The summed E-state index contributed by atoms with van der Waals surface area (Å²) in [4.78, 5) is 40.3. The Morgan fingerprint density at radius 1 is 0.739 bits per heavy atom. The van der Waals surface area contributed by atoms with Gasteiger partial charge in [0.25, 0.3) is 11.8 Å². The molecule has 1 aromatic heterocycles. The van der Waals surface area contributed by atoms with Crippen LogP contribution < -0.4 is 16.0 Å². The van der Waals surface area contributed by atoms with Gasteiger partial charge in [-0.05, 0) is 66.2 Å². The molecule has 0 radical (unpaired) electrons. The third-order valence-corrected chi connectivity index (χ3v) is 7.75. The molecule has 0 fully saturated rings. The minimum Gasteiger partial charge on any atom is -0.465 e. The van der Waals surface area contributed by atoms with Crippen molar-refractivity contribution in [1.82, 2.24) is 5.32 Å². The van der Waals surface area contributed by atoms with Crippen molar-refractivity contribution in [2.75, 3.05) is 10.6 Å². The Bertz CT molecular complexity index is 1840. The predicted molar refractivity (Wildman–Crippen MR) is 171 cm³/mol. The smallest absolute Gasteiger partial charge is 0.416 e. The number of thioether (sulfide) groups is 1. The van der Waals surface area contributed by atoms with Crippen LogP contribution in [0.2, 0.25) is 0 Å². The number of amides is 3. The molecule has 0 spiro atoms. The molecule has 1 unspecified atom stereocenters. The molecule has 232 valence electrons. The SMILES string of the molecule is O=C(Nc1cccc(SC(C(=O)Nc2cccc(C(F)(F)F)c2)c2ccccc2)c1)/C(=C/c1ccco1)NC(=O)c1ccccc1. The molecule has 0 saturated carbocycles. The number of hydrogen-bond donors (Lipinski definition) is 3. The molecule has 0 bridgehead atoms. The zero-order chi connectivity index (χ0) is 32.5. The van der Waals surface area contributed by atoms with E-state index in [4.69, 9.17) is 4.42 Å². The molecule has 3 amide bonds. The summed E-state index contributed by atoms with van der Waals surface area (Å²) in [6, 6.07) is 31.6. The lowest BCUT2D eigenvalue weighted by atomic mass is 10.1. The number of carbonyl (C=O) groups is 3. The molecule has 5 rings (SSSR count). The van der Waals surface area contributed by atoms with Crippen molar-refractivity contribution in [2.45, 2.75) is 16.3 Å². The number of furan rings is 1. The Balaban J connectivity index is 1.35. The fourth-order valence-electron chi connectivity index (χ4n) is 4.32. The lowest BCUT2D eigenvalue weighted by Gasteiger charge is -2.18. The number of rotatable bonds is 10. The summed E-state index contributed by atoms with van der Waals surface area (Å²) in [5.74, 6) is -1.29. The molecule has 0 aliphatic heterocycles. The average Bonchev–Trinajstić information content (AvgIpc) is 3.57. The van der Waals surface area contributed by atoms with Crippen molar-refractivity contribution >= 4 is 46.9 Å². The van der Waals surface area contributed by atoms with Crippen LogP contribution in [0.4, 0.5) is 24.5 Å². The summed E-state index contributed by atoms with van der Waals surface area (Å²) in [6.07, 6.45) is -1.72. The monoisotopic (exact) mass is 641 g/mol. The fourth-order valence-corrected chi connectivity index (χ4v) is 5.41. The molecule has 46 heavy (non-hydrogen) atoms. The highest BCUT2D eigenvalue weighted by Crippen LogP contribution is 2.38. The van der Waals surface area contributed by atoms with Gasteiger partial charge in [0.05, 0.1) is 11.8 Å². The first kappa shape index (κ1) is 31.9. The van der Waals surface area contributed by atoms with E-state index in [1.807, 2.05) is 0 Å². The lowest BCUT2D eigenvalue weighted by molar-refractivity contribution is -0.137. The van der Waals surface area contributed by atoms with Crippen molar-refractivity contribution in [3.63, 3.8) is 0 Å². The van der Waals surface area contributed by atoms with E-state index in [1.165, 1.54) is 24.5 Å². The maximum atomic E-state index is 13.5. The van der Waals surface area contributed by atoms with Crippen molar-refractivity contribution < 1.29 is 32.0 Å². The summed E-state index contributed by atoms with van der Waals surface area (Å²) in [6.45, 7) is 0. The molecule has 3 N–H and O–H groups in total. The number of benzene rings is 4. The van der Waals surface area contributed by atoms with Gasteiger partial charge >= 0.3 is 6.18 Å². The second-order valence-electron chi connectivity index (χ2n) is 9.85. The highest BCUT2D eigenvalue weighted by atomic mass is 32.2. The van der Waals surface area contributed by atoms with Gasteiger partial charge in [0.15, 0.2) is 0 Å². The topological polar surface area (TPSA) is 100 Å². The first-order valence-corrected chi connectivity index (χ1v) is 14.8. The van der Waals surface area contributed by atoms with Crippen LogP contribution in [0.15, 0.2) is 143 Å². The Kier molecular flexibility index (Phi) is 10.0. The standard InChI is InChI=1S/C35H26F3N3O4S/c36-35(37,38)25-14-7-15-26(20-25)40-34(44)31(23-10-3-1-4-11-23)46-29-18-8-16-27(21-29)39-33(43)30(22-28-17-9-19-45-28)41-32(42)24-12-5-2-6-13-24/h1-22,31H,(H,39,43)(H,40,44)(H,41,42)/b30-22-. The zero-order valence-corrected chi connectivity index (χ0v) is 24.8. The van der Waals surface area contributed by atoms with Gasteiger partial charge in [-0.1, -0.05) is 60.7 Å². The number of carbonyl (C=O) groups excluding carboxylic acids is 3. The molecule has 4 aromatic carbocycles. The quantitative estimate of drug-likeness (QED) is 0.106. The number of anilines is 2. The van der Waals surface area contributed by atoms with E-state index >= 15 is 0 Å². The molecular formula is C35H26F3N3O4S. The minimum atomic E-state index is -4.56. The minimum absolute atomic E-state index is 0.00999. The van der Waals surface area contributed by atoms with Gasteiger partial charge in [0.1, 0.15) is 16.7 Å². The van der Waals surface area contributed by atoms with Crippen LogP contribution >= 0.6 is 11.8 Å². The number of alkyl halides is 3. The predicted octanol–water partition coefficient (Wildman–Crippen LogP) is 8.18. The fraction of sp³-hybridized carbons (Fsp3) is 0.0571. The van der Waals surface area contributed by atoms with Gasteiger partial charge in [-0.15, -0.1) is 11.8 Å². The molecule has 0 aliphatic rings. The number of nitrogens with one attached hydrogen (secondary N) is 3. The second kappa shape index (κ2) is 14.5. The zero-order valence-electron chi connectivity index (χ0n) is 24.0. The van der Waals surface area contributed by atoms with Crippen LogP contribution in [0.5, 0.6) is 0 Å². The third-order valence-electron chi connectivity index (χ3n) is 6.50. The van der Waals surface area contributed by atoms with E-state index in [0.717, 1.165) is 23.9 Å². The number of hydrogen-bond acceptors (Lipinski definition) is 5. The second-order valence-corrected chi connectivity index (χ2v) is 11.0. The summed E-state index contributed by atoms with van der Waals surface area (Å²) >= 11 is 1.16. The molecule has 11 heteroatoms. The molecule has 1 atom stereocenters. The highest BCUT2D eigenvalue weighted by Gasteiger charge is 2.31. The first-order valence-electron chi connectivity index (χ1n) is 13.9. The first-order chi connectivity index (χ1) is 22.2. The van der Waals surface area contributed by atoms with Gasteiger partial charge in [-0.2, -0.15) is 13.2 Å². The van der Waals surface area contributed by atoms with E-state index in [9.17, 15) is 27.6 Å². The van der Waals surface area contributed by atoms with Crippen molar-refractivity contribution in [3.05, 3.63) is 156 Å².